The highest BCUT2D eigenvalue weighted by atomic mass is 79.9. The van der Waals surface area contributed by atoms with E-state index in [-0.39, 0.29) is 0 Å². The van der Waals surface area contributed by atoms with Gasteiger partial charge in [-0.1, -0.05) is 41.1 Å². The molecule has 1 aromatic rings. The van der Waals surface area contributed by atoms with Crippen molar-refractivity contribution in [2.75, 3.05) is 26.2 Å². The van der Waals surface area contributed by atoms with Gasteiger partial charge in [-0.3, -0.25) is 4.90 Å². The van der Waals surface area contributed by atoms with Crippen LogP contribution in [0.4, 0.5) is 0 Å². The fourth-order valence-corrected chi connectivity index (χ4v) is 2.73. The predicted molar refractivity (Wildman–Crippen MR) is 67.0 cm³/mol. The zero-order chi connectivity index (χ0) is 10.7. The molecule has 1 fully saturated rings. The van der Waals surface area contributed by atoms with Gasteiger partial charge in [0.05, 0.1) is 0 Å². The summed E-state index contributed by atoms with van der Waals surface area (Å²) in [4.78, 5) is 2.52. The SMILES string of the molecule is CCN1CCNCC1c1ccccc1Br. The van der Waals surface area contributed by atoms with Crippen molar-refractivity contribution in [2.24, 2.45) is 0 Å². The summed E-state index contributed by atoms with van der Waals surface area (Å²) in [6.45, 7) is 6.65. The number of likely N-dealkylation sites (N-methyl/N-ethyl adjacent to an activating group) is 1. The Morgan fingerprint density at radius 3 is 3.00 bits per heavy atom. The molecule has 0 spiro atoms. The van der Waals surface area contributed by atoms with Crippen LogP contribution in [0.3, 0.4) is 0 Å². The molecule has 15 heavy (non-hydrogen) atoms. The third kappa shape index (κ3) is 2.41. The lowest BCUT2D eigenvalue weighted by Gasteiger charge is -2.36. The van der Waals surface area contributed by atoms with Gasteiger partial charge >= 0.3 is 0 Å². The normalized spacial score (nSPS) is 22.9. The maximum atomic E-state index is 3.63. The summed E-state index contributed by atoms with van der Waals surface area (Å²) in [5.74, 6) is 0. The first-order chi connectivity index (χ1) is 7.33. The van der Waals surface area contributed by atoms with Crippen LogP contribution in [0.1, 0.15) is 18.5 Å². The molecule has 0 bridgehead atoms. The second-order valence-electron chi connectivity index (χ2n) is 3.87. The summed E-state index contributed by atoms with van der Waals surface area (Å²) in [7, 11) is 0. The highest BCUT2D eigenvalue weighted by Crippen LogP contribution is 2.28. The minimum Gasteiger partial charge on any atom is -0.314 e. The lowest BCUT2D eigenvalue weighted by molar-refractivity contribution is 0.170. The molecule has 1 atom stereocenters. The van der Waals surface area contributed by atoms with Gasteiger partial charge < -0.3 is 5.32 Å². The first-order valence-electron chi connectivity index (χ1n) is 5.52. The molecule has 0 saturated carbocycles. The van der Waals surface area contributed by atoms with Gasteiger partial charge in [-0.15, -0.1) is 0 Å². The molecule has 1 N–H and O–H groups in total. The molecule has 2 rings (SSSR count). The van der Waals surface area contributed by atoms with E-state index in [0.29, 0.717) is 6.04 Å². The Hall–Kier alpha value is -0.380. The third-order valence-electron chi connectivity index (χ3n) is 3.02. The summed E-state index contributed by atoms with van der Waals surface area (Å²) in [6, 6.07) is 9.03. The van der Waals surface area contributed by atoms with Crippen molar-refractivity contribution >= 4 is 15.9 Å². The van der Waals surface area contributed by atoms with Crippen molar-refractivity contribution in [3.8, 4) is 0 Å². The zero-order valence-electron chi connectivity index (χ0n) is 9.04. The lowest BCUT2D eigenvalue weighted by atomic mass is 10.0. The van der Waals surface area contributed by atoms with E-state index in [4.69, 9.17) is 0 Å². The molecular formula is C12H17BrN2. The van der Waals surface area contributed by atoms with Gasteiger partial charge in [-0.2, -0.15) is 0 Å². The third-order valence-corrected chi connectivity index (χ3v) is 3.75. The van der Waals surface area contributed by atoms with Crippen LogP contribution in [0, 0.1) is 0 Å². The van der Waals surface area contributed by atoms with E-state index >= 15 is 0 Å². The average molecular weight is 269 g/mol. The Balaban J connectivity index is 2.24. The molecule has 1 unspecified atom stereocenters. The monoisotopic (exact) mass is 268 g/mol. The van der Waals surface area contributed by atoms with Crippen LogP contribution in [-0.2, 0) is 0 Å². The van der Waals surface area contributed by atoms with Crippen molar-refractivity contribution in [1.29, 1.82) is 0 Å². The average Bonchev–Trinajstić information content (AvgIpc) is 2.30. The van der Waals surface area contributed by atoms with Gasteiger partial charge in [-0.25, -0.2) is 0 Å². The quantitative estimate of drug-likeness (QED) is 0.887. The predicted octanol–water partition coefficient (Wildman–Crippen LogP) is 2.42. The second-order valence-corrected chi connectivity index (χ2v) is 4.72. The Bertz CT molecular complexity index is 327. The Labute approximate surface area is 99.8 Å². The second kappa shape index (κ2) is 5.10. The van der Waals surface area contributed by atoms with E-state index in [9.17, 15) is 0 Å². The van der Waals surface area contributed by atoms with Crippen molar-refractivity contribution < 1.29 is 0 Å². The summed E-state index contributed by atoms with van der Waals surface area (Å²) < 4.78 is 1.22. The van der Waals surface area contributed by atoms with Crippen molar-refractivity contribution in [1.82, 2.24) is 10.2 Å². The van der Waals surface area contributed by atoms with Crippen LogP contribution in [0.15, 0.2) is 28.7 Å². The standard InChI is InChI=1S/C12H17BrN2/c1-2-15-8-7-14-9-12(15)10-5-3-4-6-11(10)13/h3-6,12,14H,2,7-9H2,1H3. The fraction of sp³-hybridized carbons (Fsp3) is 0.500. The van der Waals surface area contributed by atoms with Crippen molar-refractivity contribution in [3.05, 3.63) is 34.3 Å². The van der Waals surface area contributed by atoms with Crippen molar-refractivity contribution in [3.63, 3.8) is 0 Å². The fourth-order valence-electron chi connectivity index (χ4n) is 2.18. The number of hydrogen-bond acceptors (Lipinski definition) is 2. The minimum absolute atomic E-state index is 0.513. The Kier molecular flexibility index (Phi) is 3.78. The van der Waals surface area contributed by atoms with Gasteiger partial charge in [0, 0.05) is 30.1 Å². The largest absolute Gasteiger partial charge is 0.314 e. The number of nitrogens with one attached hydrogen (secondary N) is 1. The zero-order valence-corrected chi connectivity index (χ0v) is 10.6. The van der Waals surface area contributed by atoms with Crippen LogP contribution < -0.4 is 5.32 Å². The van der Waals surface area contributed by atoms with Gasteiger partial charge in [0.15, 0.2) is 0 Å². The number of rotatable bonds is 2. The summed E-state index contributed by atoms with van der Waals surface area (Å²) >= 11 is 3.63. The number of hydrogen-bond donors (Lipinski definition) is 1. The molecule has 82 valence electrons. The molecule has 1 heterocycles. The molecule has 2 nitrogen and oxygen atoms in total. The topological polar surface area (TPSA) is 15.3 Å². The van der Waals surface area contributed by atoms with E-state index in [1.165, 1.54) is 10.0 Å². The van der Waals surface area contributed by atoms with Gasteiger partial charge in [0.25, 0.3) is 0 Å². The molecule has 0 radical (unpaired) electrons. The molecule has 1 aromatic carbocycles. The van der Waals surface area contributed by atoms with E-state index in [1.54, 1.807) is 0 Å². The molecule has 0 amide bonds. The number of benzene rings is 1. The summed E-state index contributed by atoms with van der Waals surface area (Å²) in [5, 5.41) is 3.46. The summed E-state index contributed by atoms with van der Waals surface area (Å²) in [6.07, 6.45) is 0. The van der Waals surface area contributed by atoms with Crippen LogP contribution in [-0.4, -0.2) is 31.1 Å². The van der Waals surface area contributed by atoms with Crippen LogP contribution in [0.2, 0.25) is 0 Å². The highest BCUT2D eigenvalue weighted by molar-refractivity contribution is 9.10. The number of piperazine rings is 1. The smallest absolute Gasteiger partial charge is 0.0484 e. The van der Waals surface area contributed by atoms with Crippen LogP contribution >= 0.6 is 15.9 Å². The molecule has 0 aromatic heterocycles. The van der Waals surface area contributed by atoms with E-state index < -0.39 is 0 Å². The van der Waals surface area contributed by atoms with E-state index in [0.717, 1.165) is 26.2 Å². The number of halogens is 1. The van der Waals surface area contributed by atoms with Gasteiger partial charge in [-0.05, 0) is 18.2 Å². The Morgan fingerprint density at radius 1 is 1.47 bits per heavy atom. The van der Waals surface area contributed by atoms with E-state index in [1.807, 2.05) is 0 Å². The van der Waals surface area contributed by atoms with Gasteiger partial charge in [0.1, 0.15) is 0 Å². The van der Waals surface area contributed by atoms with Gasteiger partial charge in [0.2, 0.25) is 0 Å². The van der Waals surface area contributed by atoms with Crippen molar-refractivity contribution in [2.45, 2.75) is 13.0 Å². The maximum Gasteiger partial charge on any atom is 0.0484 e. The lowest BCUT2D eigenvalue weighted by Crippen LogP contribution is -2.45. The van der Waals surface area contributed by atoms with Crippen LogP contribution in [0.5, 0.6) is 0 Å². The maximum absolute atomic E-state index is 3.63. The number of nitrogens with zero attached hydrogens (tertiary/aromatic N) is 1. The molecule has 1 aliphatic heterocycles. The minimum atomic E-state index is 0.513. The summed E-state index contributed by atoms with van der Waals surface area (Å²) in [5.41, 5.74) is 1.39. The molecule has 0 aliphatic carbocycles. The molecule has 3 heteroatoms. The molecule has 1 aliphatic rings. The first kappa shape index (κ1) is 11.1. The van der Waals surface area contributed by atoms with Crippen LogP contribution in [0.25, 0.3) is 0 Å². The highest BCUT2D eigenvalue weighted by Gasteiger charge is 2.23. The Morgan fingerprint density at radius 2 is 2.27 bits per heavy atom. The van der Waals surface area contributed by atoms with E-state index in [2.05, 4.69) is 57.3 Å². The first-order valence-corrected chi connectivity index (χ1v) is 6.31. The molecular weight excluding hydrogens is 252 g/mol. The molecule has 1 saturated heterocycles.